The van der Waals surface area contributed by atoms with Crippen molar-refractivity contribution >= 4 is 22.5 Å². The number of benzene rings is 1. The van der Waals surface area contributed by atoms with Crippen LogP contribution in [0.15, 0.2) is 41.7 Å². The molecule has 5 rings (SSSR count). The van der Waals surface area contributed by atoms with E-state index in [2.05, 4.69) is 20.4 Å². The summed E-state index contributed by atoms with van der Waals surface area (Å²) in [5, 5.41) is 14.1. The monoisotopic (exact) mass is 441 g/mol. The zero-order valence-electron chi connectivity index (χ0n) is 16.8. The van der Waals surface area contributed by atoms with Crippen molar-refractivity contribution in [2.75, 3.05) is 13.7 Å². The van der Waals surface area contributed by atoms with Crippen LogP contribution in [0.3, 0.4) is 0 Å². The van der Waals surface area contributed by atoms with Gasteiger partial charge in [0.05, 0.1) is 25.0 Å². The number of nitrogens with zero attached hydrogens (tertiary/aromatic N) is 7. The van der Waals surface area contributed by atoms with Crippen LogP contribution in [0.1, 0.15) is 25.5 Å². The molecule has 4 heterocycles. The molecular formula is C20H20ClN7O3. The van der Waals surface area contributed by atoms with Gasteiger partial charge < -0.3 is 9.47 Å². The van der Waals surface area contributed by atoms with Crippen molar-refractivity contribution in [2.45, 2.75) is 32.2 Å². The maximum absolute atomic E-state index is 12.1. The van der Waals surface area contributed by atoms with Crippen LogP contribution < -0.4 is 10.3 Å². The summed E-state index contributed by atoms with van der Waals surface area (Å²) in [4.78, 5) is 16.0. The maximum atomic E-state index is 12.1. The van der Waals surface area contributed by atoms with Gasteiger partial charge in [0.2, 0.25) is 0 Å². The fourth-order valence-electron chi connectivity index (χ4n) is 3.75. The second-order valence-corrected chi connectivity index (χ2v) is 7.71. The van der Waals surface area contributed by atoms with Gasteiger partial charge in [-0.3, -0.25) is 9.36 Å². The Hall–Kier alpha value is -3.24. The van der Waals surface area contributed by atoms with Gasteiger partial charge in [0.1, 0.15) is 29.6 Å². The molecule has 10 nitrogen and oxygen atoms in total. The number of ether oxygens (including phenoxy) is 2. The van der Waals surface area contributed by atoms with Gasteiger partial charge >= 0.3 is 0 Å². The Balaban J connectivity index is 1.52. The van der Waals surface area contributed by atoms with Gasteiger partial charge in [-0.1, -0.05) is 16.8 Å². The zero-order valence-corrected chi connectivity index (χ0v) is 17.6. The fraction of sp³-hybridized carbons (Fsp3) is 0.350. The molecule has 1 unspecified atom stereocenters. The number of rotatable bonds is 5. The standard InChI is InChI=1S/C20H20ClN7O3/c1-30-13-6-14(15-9-23-28(17(15)7-13)20-4-2-3-5-31-20)16-10-27(25-24-16)12-26-11-22-18(21)8-19(26)29/h6-11,20H,2-5,12H2,1H3. The number of methoxy groups -OCH3 is 1. The summed E-state index contributed by atoms with van der Waals surface area (Å²) in [5.74, 6) is 0.688. The molecule has 1 aromatic carbocycles. The molecule has 1 saturated heterocycles. The molecule has 0 amide bonds. The quantitative estimate of drug-likeness (QED) is 0.439. The van der Waals surface area contributed by atoms with E-state index >= 15 is 0 Å². The molecule has 1 aliphatic heterocycles. The average molecular weight is 442 g/mol. The van der Waals surface area contributed by atoms with Gasteiger partial charge in [-0.25, -0.2) is 14.3 Å². The molecule has 0 saturated carbocycles. The Morgan fingerprint density at radius 1 is 1.29 bits per heavy atom. The summed E-state index contributed by atoms with van der Waals surface area (Å²) in [6, 6.07) is 5.11. The minimum absolute atomic E-state index is 0.0915. The second-order valence-electron chi connectivity index (χ2n) is 7.32. The van der Waals surface area contributed by atoms with Crippen LogP contribution in [-0.4, -0.2) is 48.0 Å². The van der Waals surface area contributed by atoms with Crippen molar-refractivity contribution in [3.63, 3.8) is 0 Å². The molecule has 1 atom stereocenters. The smallest absolute Gasteiger partial charge is 0.256 e. The summed E-state index contributed by atoms with van der Waals surface area (Å²) in [6.07, 6.45) is 7.97. The fourth-order valence-corrected chi connectivity index (χ4v) is 3.89. The molecule has 0 N–H and O–H groups in total. The first-order chi connectivity index (χ1) is 15.1. The van der Waals surface area contributed by atoms with Gasteiger partial charge in [-0.15, -0.1) is 5.10 Å². The van der Waals surface area contributed by atoms with E-state index < -0.39 is 0 Å². The van der Waals surface area contributed by atoms with Crippen LogP contribution >= 0.6 is 11.6 Å². The molecule has 11 heteroatoms. The van der Waals surface area contributed by atoms with Gasteiger partial charge in [-0.2, -0.15) is 5.10 Å². The topological polar surface area (TPSA) is 102 Å². The van der Waals surface area contributed by atoms with Gasteiger partial charge in [0, 0.05) is 29.7 Å². The number of halogens is 1. The first-order valence-electron chi connectivity index (χ1n) is 9.92. The Kier molecular flexibility index (Phi) is 5.16. The van der Waals surface area contributed by atoms with E-state index in [1.54, 1.807) is 18.0 Å². The van der Waals surface area contributed by atoms with E-state index in [4.69, 9.17) is 21.1 Å². The molecule has 31 heavy (non-hydrogen) atoms. The summed E-state index contributed by atoms with van der Waals surface area (Å²) in [6.45, 7) is 0.897. The Morgan fingerprint density at radius 3 is 2.97 bits per heavy atom. The predicted molar refractivity (Wildman–Crippen MR) is 113 cm³/mol. The van der Waals surface area contributed by atoms with E-state index in [-0.39, 0.29) is 23.6 Å². The van der Waals surface area contributed by atoms with Crippen LogP contribution in [-0.2, 0) is 11.4 Å². The van der Waals surface area contributed by atoms with Gasteiger partial charge in [-0.05, 0) is 25.3 Å². The van der Waals surface area contributed by atoms with Crippen LogP contribution in [0.5, 0.6) is 5.75 Å². The van der Waals surface area contributed by atoms with Crippen molar-refractivity contribution in [1.82, 2.24) is 34.3 Å². The molecule has 0 radical (unpaired) electrons. The molecule has 1 aliphatic rings. The summed E-state index contributed by atoms with van der Waals surface area (Å²) in [5.41, 5.74) is 2.12. The van der Waals surface area contributed by atoms with E-state index in [9.17, 15) is 4.79 Å². The summed E-state index contributed by atoms with van der Waals surface area (Å²) < 4.78 is 16.3. The minimum atomic E-state index is -0.269. The average Bonchev–Trinajstić information content (AvgIpc) is 3.43. The van der Waals surface area contributed by atoms with Gasteiger partial charge in [0.15, 0.2) is 6.23 Å². The normalized spacial score (nSPS) is 16.6. The maximum Gasteiger partial charge on any atom is 0.256 e. The van der Waals surface area contributed by atoms with Crippen molar-refractivity contribution in [3.8, 4) is 17.0 Å². The number of fused-ring (bicyclic) bond motifs is 1. The van der Waals surface area contributed by atoms with Crippen LogP contribution in [0.25, 0.3) is 22.2 Å². The first kappa shape index (κ1) is 19.7. The second kappa shape index (κ2) is 8.12. The van der Waals surface area contributed by atoms with Crippen LogP contribution in [0.4, 0.5) is 0 Å². The summed E-state index contributed by atoms with van der Waals surface area (Å²) >= 11 is 5.76. The largest absolute Gasteiger partial charge is 0.497 e. The molecule has 3 aromatic heterocycles. The van der Waals surface area contributed by atoms with E-state index in [0.29, 0.717) is 11.4 Å². The number of hydrogen-bond donors (Lipinski definition) is 0. The highest BCUT2D eigenvalue weighted by Gasteiger charge is 2.21. The Bertz CT molecular complexity index is 1290. The lowest BCUT2D eigenvalue weighted by molar-refractivity contribution is -0.0366. The summed E-state index contributed by atoms with van der Waals surface area (Å²) in [7, 11) is 1.62. The van der Waals surface area contributed by atoms with Gasteiger partial charge in [0.25, 0.3) is 5.56 Å². The van der Waals surface area contributed by atoms with Crippen molar-refractivity contribution < 1.29 is 9.47 Å². The third kappa shape index (κ3) is 3.79. The van der Waals surface area contributed by atoms with Crippen LogP contribution in [0.2, 0.25) is 5.15 Å². The zero-order chi connectivity index (χ0) is 21.4. The third-order valence-corrected chi connectivity index (χ3v) is 5.52. The molecule has 1 fully saturated rings. The molecule has 160 valence electrons. The molecule has 0 aliphatic carbocycles. The predicted octanol–water partition coefficient (Wildman–Crippen LogP) is 2.72. The minimum Gasteiger partial charge on any atom is -0.497 e. The molecule has 0 spiro atoms. The SMILES string of the molecule is COc1cc(-c2cn(Cn3cnc(Cl)cc3=O)nn2)c2cnn(C3CCCCO3)c2c1. The molecule has 0 bridgehead atoms. The van der Waals surface area contributed by atoms with Crippen molar-refractivity contribution in [3.05, 3.63) is 52.4 Å². The Morgan fingerprint density at radius 2 is 2.19 bits per heavy atom. The third-order valence-electron chi connectivity index (χ3n) is 5.31. The number of aromatic nitrogens is 7. The van der Waals surface area contributed by atoms with E-state index in [0.717, 1.165) is 42.3 Å². The first-order valence-corrected chi connectivity index (χ1v) is 10.3. The highest BCUT2D eigenvalue weighted by Crippen LogP contribution is 2.34. The molecular weight excluding hydrogens is 422 g/mol. The van der Waals surface area contributed by atoms with Crippen molar-refractivity contribution in [1.29, 1.82) is 0 Å². The van der Waals surface area contributed by atoms with E-state index in [1.807, 2.05) is 23.0 Å². The highest BCUT2D eigenvalue weighted by atomic mass is 35.5. The van der Waals surface area contributed by atoms with Crippen molar-refractivity contribution in [2.24, 2.45) is 0 Å². The number of hydrogen-bond acceptors (Lipinski definition) is 7. The lowest BCUT2D eigenvalue weighted by Crippen LogP contribution is -2.23. The lowest BCUT2D eigenvalue weighted by Gasteiger charge is -2.23. The lowest BCUT2D eigenvalue weighted by atomic mass is 10.1. The highest BCUT2D eigenvalue weighted by molar-refractivity contribution is 6.29. The Labute approximate surface area is 182 Å². The van der Waals surface area contributed by atoms with Crippen LogP contribution in [0, 0.1) is 0 Å². The molecule has 4 aromatic rings. The van der Waals surface area contributed by atoms with E-state index in [1.165, 1.54) is 17.0 Å².